The Hall–Kier alpha value is -0.580. The van der Waals surface area contributed by atoms with Crippen molar-refractivity contribution >= 4 is 34.2 Å². The predicted molar refractivity (Wildman–Crippen MR) is 74.7 cm³/mol. The first-order valence-corrected chi connectivity index (χ1v) is 6.32. The van der Waals surface area contributed by atoms with E-state index in [9.17, 15) is 4.79 Å². The van der Waals surface area contributed by atoms with E-state index in [-0.39, 0.29) is 24.4 Å². The van der Waals surface area contributed by atoms with E-state index >= 15 is 0 Å². The summed E-state index contributed by atoms with van der Waals surface area (Å²) < 4.78 is 0.989. The average molecular weight is 320 g/mol. The Morgan fingerprint density at radius 1 is 1.35 bits per heavy atom. The molecule has 1 aliphatic heterocycles. The zero-order valence-corrected chi connectivity index (χ0v) is 11.8. The number of hydrogen-bond acceptors (Lipinski definition) is 2. The highest BCUT2D eigenvalue weighted by Gasteiger charge is 2.15. The van der Waals surface area contributed by atoms with Gasteiger partial charge in [0.1, 0.15) is 0 Å². The molecule has 0 bridgehead atoms. The summed E-state index contributed by atoms with van der Waals surface area (Å²) in [6.07, 6.45) is 2.19. The molecule has 1 atom stereocenters. The van der Waals surface area contributed by atoms with Crippen molar-refractivity contribution in [2.24, 2.45) is 0 Å². The lowest BCUT2D eigenvalue weighted by Crippen LogP contribution is -2.45. The number of amides is 1. The van der Waals surface area contributed by atoms with Crippen molar-refractivity contribution in [3.8, 4) is 0 Å². The van der Waals surface area contributed by atoms with E-state index < -0.39 is 0 Å². The molecule has 5 heteroatoms. The van der Waals surface area contributed by atoms with Crippen LogP contribution in [0.4, 0.5) is 0 Å². The molecule has 2 rings (SSSR count). The van der Waals surface area contributed by atoms with Crippen LogP contribution >= 0.6 is 28.3 Å². The van der Waals surface area contributed by atoms with Gasteiger partial charge in [-0.05, 0) is 43.7 Å². The molecule has 0 spiro atoms. The molecular formula is C12H16BrClN2O. The fourth-order valence-corrected chi connectivity index (χ4v) is 2.11. The molecule has 1 fully saturated rings. The quantitative estimate of drug-likeness (QED) is 0.878. The van der Waals surface area contributed by atoms with Crippen molar-refractivity contribution in [1.29, 1.82) is 0 Å². The molecular weight excluding hydrogens is 304 g/mol. The summed E-state index contributed by atoms with van der Waals surface area (Å²) in [5.74, 6) is 0.0150. The lowest BCUT2D eigenvalue weighted by Gasteiger charge is -2.23. The minimum absolute atomic E-state index is 0. The maximum absolute atomic E-state index is 11.9. The van der Waals surface area contributed by atoms with Crippen molar-refractivity contribution in [1.82, 2.24) is 10.6 Å². The first-order valence-electron chi connectivity index (χ1n) is 5.53. The van der Waals surface area contributed by atoms with Gasteiger partial charge in [0.15, 0.2) is 0 Å². The van der Waals surface area contributed by atoms with E-state index in [1.165, 1.54) is 0 Å². The van der Waals surface area contributed by atoms with Gasteiger partial charge < -0.3 is 10.6 Å². The highest BCUT2D eigenvalue weighted by atomic mass is 79.9. The first kappa shape index (κ1) is 14.5. The summed E-state index contributed by atoms with van der Waals surface area (Å²) in [5, 5.41) is 6.32. The van der Waals surface area contributed by atoms with Gasteiger partial charge in [0.05, 0.1) is 0 Å². The van der Waals surface area contributed by atoms with Gasteiger partial charge in [-0.1, -0.05) is 15.9 Å². The van der Waals surface area contributed by atoms with Crippen molar-refractivity contribution in [3.63, 3.8) is 0 Å². The third-order valence-corrected chi connectivity index (χ3v) is 3.27. The van der Waals surface area contributed by atoms with Crippen LogP contribution < -0.4 is 10.6 Å². The van der Waals surface area contributed by atoms with E-state index in [1.807, 2.05) is 24.3 Å². The molecule has 0 aliphatic carbocycles. The molecule has 1 aromatic carbocycles. The maximum atomic E-state index is 11.9. The lowest BCUT2D eigenvalue weighted by molar-refractivity contribution is 0.0930. The van der Waals surface area contributed by atoms with Crippen molar-refractivity contribution < 1.29 is 4.79 Å². The summed E-state index contributed by atoms with van der Waals surface area (Å²) in [5.41, 5.74) is 0.716. The molecule has 0 aromatic heterocycles. The molecule has 1 heterocycles. The SMILES string of the molecule is Cl.O=C(N[C@H]1CCCNC1)c1ccc(Br)cc1. The van der Waals surface area contributed by atoms with Crippen molar-refractivity contribution in [2.75, 3.05) is 13.1 Å². The Morgan fingerprint density at radius 2 is 2.06 bits per heavy atom. The van der Waals surface area contributed by atoms with Crippen molar-refractivity contribution in [2.45, 2.75) is 18.9 Å². The number of rotatable bonds is 2. The fourth-order valence-electron chi connectivity index (χ4n) is 1.85. The van der Waals surface area contributed by atoms with Crippen LogP contribution in [0.3, 0.4) is 0 Å². The number of carbonyl (C=O) groups excluding carboxylic acids is 1. The molecule has 17 heavy (non-hydrogen) atoms. The number of halogens is 2. The molecule has 0 saturated carbocycles. The van der Waals surface area contributed by atoms with Gasteiger partial charge in [-0.3, -0.25) is 4.79 Å². The Labute approximate surface area is 116 Å². The van der Waals surface area contributed by atoms with Crippen LogP contribution in [0.2, 0.25) is 0 Å². The summed E-state index contributed by atoms with van der Waals surface area (Å²) in [4.78, 5) is 11.9. The van der Waals surface area contributed by atoms with Crippen LogP contribution in [0.25, 0.3) is 0 Å². The molecule has 1 saturated heterocycles. The summed E-state index contributed by atoms with van der Waals surface area (Å²) in [7, 11) is 0. The monoisotopic (exact) mass is 318 g/mol. The zero-order valence-electron chi connectivity index (χ0n) is 9.41. The zero-order chi connectivity index (χ0) is 11.4. The van der Waals surface area contributed by atoms with Crippen LogP contribution in [-0.2, 0) is 0 Å². The second kappa shape index (κ2) is 6.99. The van der Waals surface area contributed by atoms with E-state index in [0.29, 0.717) is 5.56 Å². The van der Waals surface area contributed by atoms with E-state index in [1.54, 1.807) is 0 Å². The smallest absolute Gasteiger partial charge is 0.251 e. The second-order valence-electron chi connectivity index (χ2n) is 4.02. The van der Waals surface area contributed by atoms with Crippen LogP contribution in [0, 0.1) is 0 Å². The number of nitrogens with one attached hydrogen (secondary N) is 2. The highest BCUT2D eigenvalue weighted by Crippen LogP contribution is 2.11. The third-order valence-electron chi connectivity index (χ3n) is 2.74. The number of hydrogen-bond donors (Lipinski definition) is 2. The number of piperidine rings is 1. The number of benzene rings is 1. The summed E-state index contributed by atoms with van der Waals surface area (Å²) >= 11 is 3.35. The highest BCUT2D eigenvalue weighted by molar-refractivity contribution is 9.10. The Kier molecular flexibility index (Phi) is 5.95. The minimum atomic E-state index is 0. The van der Waals surface area contributed by atoms with Gasteiger partial charge >= 0.3 is 0 Å². The average Bonchev–Trinajstić information content (AvgIpc) is 2.31. The normalized spacial score (nSPS) is 19.2. The molecule has 1 aliphatic rings. The van der Waals surface area contributed by atoms with E-state index in [4.69, 9.17) is 0 Å². The van der Waals surface area contributed by atoms with Gasteiger partial charge in [0.2, 0.25) is 0 Å². The fraction of sp³-hybridized carbons (Fsp3) is 0.417. The molecule has 2 N–H and O–H groups in total. The van der Waals surface area contributed by atoms with E-state index in [2.05, 4.69) is 26.6 Å². The van der Waals surface area contributed by atoms with Crippen LogP contribution in [0.15, 0.2) is 28.7 Å². The maximum Gasteiger partial charge on any atom is 0.251 e. The second-order valence-corrected chi connectivity index (χ2v) is 4.94. The molecule has 94 valence electrons. The molecule has 1 aromatic rings. The minimum Gasteiger partial charge on any atom is -0.348 e. The molecule has 0 unspecified atom stereocenters. The lowest BCUT2D eigenvalue weighted by atomic mass is 10.1. The predicted octanol–water partition coefficient (Wildman–Crippen LogP) is 2.35. The summed E-state index contributed by atoms with van der Waals surface area (Å²) in [6.45, 7) is 1.94. The topological polar surface area (TPSA) is 41.1 Å². The standard InChI is InChI=1S/C12H15BrN2O.ClH/c13-10-5-3-9(4-6-10)12(16)15-11-2-1-7-14-8-11;/h3-6,11,14H,1-2,7-8H2,(H,15,16);1H/t11-;/m0./s1. The van der Waals surface area contributed by atoms with Crippen molar-refractivity contribution in [3.05, 3.63) is 34.3 Å². The Morgan fingerprint density at radius 3 is 2.65 bits per heavy atom. The van der Waals surface area contributed by atoms with Gasteiger partial charge in [-0.15, -0.1) is 12.4 Å². The van der Waals surface area contributed by atoms with Gasteiger partial charge in [0, 0.05) is 22.6 Å². The number of carbonyl (C=O) groups is 1. The summed E-state index contributed by atoms with van der Waals surface area (Å²) in [6, 6.07) is 7.69. The van der Waals surface area contributed by atoms with Crippen LogP contribution in [-0.4, -0.2) is 25.0 Å². The Balaban J connectivity index is 0.00000144. The van der Waals surface area contributed by atoms with E-state index in [0.717, 1.165) is 30.4 Å². The first-order chi connectivity index (χ1) is 7.75. The third kappa shape index (κ3) is 4.30. The largest absolute Gasteiger partial charge is 0.348 e. The van der Waals surface area contributed by atoms with Gasteiger partial charge in [0.25, 0.3) is 5.91 Å². The van der Waals surface area contributed by atoms with Crippen LogP contribution in [0.1, 0.15) is 23.2 Å². The van der Waals surface area contributed by atoms with Crippen LogP contribution in [0.5, 0.6) is 0 Å². The Bertz CT molecular complexity index is 363. The molecule has 1 amide bonds. The van der Waals surface area contributed by atoms with Gasteiger partial charge in [-0.2, -0.15) is 0 Å². The molecule has 3 nitrogen and oxygen atoms in total. The molecule has 0 radical (unpaired) electrons. The van der Waals surface area contributed by atoms with Gasteiger partial charge in [-0.25, -0.2) is 0 Å².